The van der Waals surface area contributed by atoms with Crippen LogP contribution in [-0.2, 0) is 0 Å². The van der Waals surface area contributed by atoms with E-state index in [1.54, 1.807) is 18.2 Å². The van der Waals surface area contributed by atoms with E-state index in [2.05, 4.69) is 0 Å². The van der Waals surface area contributed by atoms with E-state index >= 15 is 0 Å². The molecule has 3 heteroatoms. The lowest BCUT2D eigenvalue weighted by molar-refractivity contribution is 0.0939. The van der Waals surface area contributed by atoms with E-state index in [4.69, 9.17) is 9.47 Å². The summed E-state index contributed by atoms with van der Waals surface area (Å²) < 4.78 is 10.9. The van der Waals surface area contributed by atoms with Gasteiger partial charge in [-0.15, -0.1) is 0 Å². The van der Waals surface area contributed by atoms with Gasteiger partial charge in [-0.1, -0.05) is 13.8 Å². The van der Waals surface area contributed by atoms with Gasteiger partial charge in [0, 0.05) is 11.5 Å². The standard InChI is InChI=1S/C14H20O3/c1-5-16-12-8-7-11(14(15)10(3)4)9-13(12)17-6-2/h7-10H,5-6H2,1-4H3. The lowest BCUT2D eigenvalue weighted by Gasteiger charge is -2.12. The summed E-state index contributed by atoms with van der Waals surface area (Å²) in [6.45, 7) is 8.74. The van der Waals surface area contributed by atoms with Crippen molar-refractivity contribution in [1.82, 2.24) is 0 Å². The number of rotatable bonds is 6. The SMILES string of the molecule is CCOc1ccc(C(=O)C(C)C)cc1OCC. The van der Waals surface area contributed by atoms with E-state index in [0.29, 0.717) is 30.3 Å². The molecule has 1 aromatic rings. The molecule has 0 N–H and O–H groups in total. The van der Waals surface area contributed by atoms with Gasteiger partial charge in [0.2, 0.25) is 0 Å². The predicted molar refractivity (Wildman–Crippen MR) is 67.9 cm³/mol. The lowest BCUT2D eigenvalue weighted by Crippen LogP contribution is -2.08. The maximum absolute atomic E-state index is 11.9. The van der Waals surface area contributed by atoms with Crippen LogP contribution in [-0.4, -0.2) is 19.0 Å². The van der Waals surface area contributed by atoms with Crippen molar-refractivity contribution in [2.24, 2.45) is 5.92 Å². The van der Waals surface area contributed by atoms with Gasteiger partial charge in [-0.05, 0) is 32.0 Å². The Balaban J connectivity index is 3.04. The fourth-order valence-corrected chi connectivity index (χ4v) is 1.54. The van der Waals surface area contributed by atoms with E-state index in [9.17, 15) is 4.79 Å². The van der Waals surface area contributed by atoms with Crippen molar-refractivity contribution in [2.75, 3.05) is 13.2 Å². The topological polar surface area (TPSA) is 35.5 Å². The molecule has 0 aromatic heterocycles. The number of benzene rings is 1. The Kier molecular flexibility index (Phi) is 5.01. The Morgan fingerprint density at radius 3 is 2.24 bits per heavy atom. The number of Topliss-reactive ketones (excluding diaryl/α,β-unsaturated/α-hetero) is 1. The highest BCUT2D eigenvalue weighted by atomic mass is 16.5. The zero-order chi connectivity index (χ0) is 12.8. The quantitative estimate of drug-likeness (QED) is 0.711. The summed E-state index contributed by atoms with van der Waals surface area (Å²) in [7, 11) is 0. The molecule has 3 nitrogen and oxygen atoms in total. The number of hydrogen-bond donors (Lipinski definition) is 0. The molecule has 0 radical (unpaired) electrons. The molecule has 0 atom stereocenters. The van der Waals surface area contributed by atoms with E-state index in [-0.39, 0.29) is 11.7 Å². The molecule has 0 bridgehead atoms. The van der Waals surface area contributed by atoms with Gasteiger partial charge in [0.25, 0.3) is 0 Å². The normalized spacial score (nSPS) is 10.4. The molecule has 0 aliphatic carbocycles. The Morgan fingerprint density at radius 2 is 1.71 bits per heavy atom. The fraction of sp³-hybridized carbons (Fsp3) is 0.500. The second-order valence-electron chi connectivity index (χ2n) is 4.05. The third-order valence-electron chi connectivity index (χ3n) is 2.35. The van der Waals surface area contributed by atoms with E-state index in [1.165, 1.54) is 0 Å². The first kappa shape index (κ1) is 13.6. The van der Waals surface area contributed by atoms with Crippen LogP contribution in [0.25, 0.3) is 0 Å². The minimum Gasteiger partial charge on any atom is -0.490 e. The summed E-state index contributed by atoms with van der Waals surface area (Å²) >= 11 is 0. The Morgan fingerprint density at radius 1 is 1.12 bits per heavy atom. The molecule has 0 amide bonds. The monoisotopic (exact) mass is 236 g/mol. The van der Waals surface area contributed by atoms with Crippen molar-refractivity contribution in [1.29, 1.82) is 0 Å². The highest BCUT2D eigenvalue weighted by Crippen LogP contribution is 2.29. The summed E-state index contributed by atoms with van der Waals surface area (Å²) in [6, 6.07) is 5.34. The van der Waals surface area contributed by atoms with Crippen LogP contribution in [0, 0.1) is 5.92 Å². The third kappa shape index (κ3) is 3.48. The summed E-state index contributed by atoms with van der Waals surface area (Å²) in [5.74, 6) is 1.44. The molecule has 0 aliphatic heterocycles. The van der Waals surface area contributed by atoms with Crippen molar-refractivity contribution in [3.63, 3.8) is 0 Å². The van der Waals surface area contributed by atoms with Crippen LogP contribution in [0.5, 0.6) is 11.5 Å². The molecule has 0 spiro atoms. The average molecular weight is 236 g/mol. The van der Waals surface area contributed by atoms with Crippen molar-refractivity contribution >= 4 is 5.78 Å². The van der Waals surface area contributed by atoms with Gasteiger partial charge in [-0.25, -0.2) is 0 Å². The summed E-state index contributed by atoms with van der Waals surface area (Å²) in [6.07, 6.45) is 0. The van der Waals surface area contributed by atoms with Crippen LogP contribution in [0.3, 0.4) is 0 Å². The molecule has 17 heavy (non-hydrogen) atoms. The molecular weight excluding hydrogens is 216 g/mol. The first-order chi connectivity index (χ1) is 8.10. The van der Waals surface area contributed by atoms with Crippen molar-refractivity contribution in [3.8, 4) is 11.5 Å². The van der Waals surface area contributed by atoms with Gasteiger partial charge in [-0.2, -0.15) is 0 Å². The number of ether oxygens (including phenoxy) is 2. The second-order valence-corrected chi connectivity index (χ2v) is 4.05. The Labute approximate surface area is 103 Å². The molecule has 0 saturated heterocycles. The Hall–Kier alpha value is -1.51. The Bertz CT molecular complexity index is 383. The smallest absolute Gasteiger partial charge is 0.165 e. The van der Waals surface area contributed by atoms with Crippen LogP contribution >= 0.6 is 0 Å². The molecule has 1 rings (SSSR count). The number of hydrogen-bond acceptors (Lipinski definition) is 3. The highest BCUT2D eigenvalue weighted by Gasteiger charge is 2.13. The highest BCUT2D eigenvalue weighted by molar-refractivity contribution is 5.98. The molecule has 1 aromatic carbocycles. The molecule has 0 unspecified atom stereocenters. The molecule has 94 valence electrons. The van der Waals surface area contributed by atoms with E-state index in [0.717, 1.165) is 0 Å². The lowest BCUT2D eigenvalue weighted by atomic mass is 10.0. The minimum absolute atomic E-state index is 0.0116. The van der Waals surface area contributed by atoms with Crippen LogP contribution in [0.2, 0.25) is 0 Å². The number of carbonyl (C=O) groups excluding carboxylic acids is 1. The molecule has 0 aliphatic rings. The molecule has 0 heterocycles. The number of carbonyl (C=O) groups is 1. The summed E-state index contributed by atoms with van der Waals surface area (Å²) in [5, 5.41) is 0. The van der Waals surface area contributed by atoms with Gasteiger partial charge in [-0.3, -0.25) is 4.79 Å². The first-order valence-corrected chi connectivity index (χ1v) is 6.04. The first-order valence-electron chi connectivity index (χ1n) is 6.04. The molecule has 0 fully saturated rings. The zero-order valence-electron chi connectivity index (χ0n) is 10.9. The van der Waals surface area contributed by atoms with Crippen LogP contribution in [0.1, 0.15) is 38.1 Å². The second kappa shape index (κ2) is 6.28. The molecular formula is C14H20O3. The largest absolute Gasteiger partial charge is 0.490 e. The average Bonchev–Trinajstić information content (AvgIpc) is 2.31. The maximum Gasteiger partial charge on any atom is 0.165 e. The van der Waals surface area contributed by atoms with Gasteiger partial charge in [0.1, 0.15) is 0 Å². The van der Waals surface area contributed by atoms with Gasteiger partial charge >= 0.3 is 0 Å². The maximum atomic E-state index is 11.9. The van der Waals surface area contributed by atoms with E-state index < -0.39 is 0 Å². The summed E-state index contributed by atoms with van der Waals surface area (Å²) in [4.78, 5) is 11.9. The van der Waals surface area contributed by atoms with Gasteiger partial charge in [0.15, 0.2) is 17.3 Å². The molecule has 0 saturated carbocycles. The summed E-state index contributed by atoms with van der Waals surface area (Å²) in [5.41, 5.74) is 0.673. The van der Waals surface area contributed by atoms with Gasteiger partial charge in [0.05, 0.1) is 13.2 Å². The third-order valence-corrected chi connectivity index (χ3v) is 2.35. The van der Waals surface area contributed by atoms with Crippen LogP contribution in [0.4, 0.5) is 0 Å². The zero-order valence-corrected chi connectivity index (χ0v) is 10.9. The minimum atomic E-state index is -0.0116. The van der Waals surface area contributed by atoms with Crippen molar-refractivity contribution < 1.29 is 14.3 Å². The van der Waals surface area contributed by atoms with Gasteiger partial charge < -0.3 is 9.47 Å². The number of ketones is 1. The fourth-order valence-electron chi connectivity index (χ4n) is 1.54. The van der Waals surface area contributed by atoms with Crippen LogP contribution in [0.15, 0.2) is 18.2 Å². The predicted octanol–water partition coefficient (Wildman–Crippen LogP) is 3.32. The van der Waals surface area contributed by atoms with Crippen molar-refractivity contribution in [3.05, 3.63) is 23.8 Å². The van der Waals surface area contributed by atoms with Crippen molar-refractivity contribution in [2.45, 2.75) is 27.7 Å². The van der Waals surface area contributed by atoms with Crippen LogP contribution < -0.4 is 9.47 Å². The van der Waals surface area contributed by atoms with E-state index in [1.807, 2.05) is 27.7 Å².